The van der Waals surface area contributed by atoms with E-state index in [0.717, 1.165) is 0 Å². The van der Waals surface area contributed by atoms with Crippen LogP contribution in [0.2, 0.25) is 0 Å². The zero-order valence-corrected chi connectivity index (χ0v) is 9.36. The normalized spacial score (nSPS) is 16.6. The summed E-state index contributed by atoms with van der Waals surface area (Å²) in [5.41, 5.74) is 0.0836. The van der Waals surface area contributed by atoms with Crippen molar-refractivity contribution in [1.82, 2.24) is 0 Å². The van der Waals surface area contributed by atoms with E-state index in [1.54, 1.807) is 0 Å². The van der Waals surface area contributed by atoms with Crippen molar-refractivity contribution in [3.63, 3.8) is 0 Å². The number of aromatic hydroxyl groups is 1. The maximum Gasteiger partial charge on any atom is 0.304 e. The van der Waals surface area contributed by atoms with Crippen LogP contribution in [0.5, 0.6) is 11.5 Å². The maximum atomic E-state index is 13.4. The minimum absolute atomic E-state index is 0.0274. The van der Waals surface area contributed by atoms with E-state index in [2.05, 4.69) is 0 Å². The van der Waals surface area contributed by atoms with Gasteiger partial charge in [0, 0.05) is 5.41 Å². The van der Waals surface area contributed by atoms with E-state index >= 15 is 0 Å². The van der Waals surface area contributed by atoms with Crippen LogP contribution in [0.25, 0.3) is 0 Å². The Morgan fingerprint density at radius 2 is 2.18 bits per heavy atom. The van der Waals surface area contributed by atoms with Gasteiger partial charge in [0.25, 0.3) is 0 Å². The number of aliphatic carboxylic acids is 1. The van der Waals surface area contributed by atoms with Crippen LogP contribution in [0.1, 0.15) is 24.8 Å². The second-order valence-corrected chi connectivity index (χ2v) is 4.36. The first-order chi connectivity index (χ1) is 7.98. The number of phenolic OH excluding ortho intramolecular Hbond substituents is 1. The van der Waals surface area contributed by atoms with Crippen LogP contribution in [0.4, 0.5) is 4.39 Å². The quantitative estimate of drug-likeness (QED) is 0.845. The Hall–Kier alpha value is -1.78. The molecule has 2 N–H and O–H groups in total. The lowest BCUT2D eigenvalue weighted by atomic mass is 9.92. The highest BCUT2D eigenvalue weighted by Gasteiger charge is 2.46. The Morgan fingerprint density at radius 3 is 2.65 bits per heavy atom. The number of hydrogen-bond donors (Lipinski definition) is 2. The fourth-order valence-corrected chi connectivity index (χ4v) is 2.04. The first-order valence-corrected chi connectivity index (χ1v) is 5.27. The number of rotatable bonds is 4. The van der Waals surface area contributed by atoms with Gasteiger partial charge in [0.2, 0.25) is 0 Å². The van der Waals surface area contributed by atoms with E-state index in [0.29, 0.717) is 18.4 Å². The molecule has 1 aliphatic carbocycles. The van der Waals surface area contributed by atoms with E-state index in [4.69, 9.17) is 9.84 Å². The van der Waals surface area contributed by atoms with Crippen molar-refractivity contribution in [1.29, 1.82) is 0 Å². The summed E-state index contributed by atoms with van der Waals surface area (Å²) in [4.78, 5) is 10.8. The van der Waals surface area contributed by atoms with Crippen LogP contribution in [-0.4, -0.2) is 23.3 Å². The molecule has 0 aromatic heterocycles. The van der Waals surface area contributed by atoms with Crippen LogP contribution in [0.3, 0.4) is 0 Å². The van der Waals surface area contributed by atoms with Gasteiger partial charge in [-0.15, -0.1) is 0 Å². The van der Waals surface area contributed by atoms with E-state index in [-0.39, 0.29) is 12.2 Å². The lowest BCUT2D eigenvalue weighted by molar-refractivity contribution is -0.137. The van der Waals surface area contributed by atoms with E-state index in [1.807, 2.05) is 0 Å². The summed E-state index contributed by atoms with van der Waals surface area (Å²) < 4.78 is 18.3. The van der Waals surface area contributed by atoms with Crippen LogP contribution >= 0.6 is 0 Å². The molecule has 0 saturated heterocycles. The largest absolute Gasteiger partial charge is 0.502 e. The van der Waals surface area contributed by atoms with E-state index < -0.39 is 23.0 Å². The molecule has 0 atom stereocenters. The van der Waals surface area contributed by atoms with E-state index in [1.165, 1.54) is 19.2 Å². The number of phenols is 1. The number of benzene rings is 1. The third kappa shape index (κ3) is 2.05. The fourth-order valence-electron chi connectivity index (χ4n) is 2.04. The standard InChI is InChI=1S/C12H13FO4/c1-17-9-5-7(4-8(13)11(9)16)12(2-3-12)6-10(14)15/h4-5,16H,2-3,6H2,1H3,(H,14,15). The highest BCUT2D eigenvalue weighted by atomic mass is 19.1. The second kappa shape index (κ2) is 3.91. The van der Waals surface area contributed by atoms with Crippen molar-refractivity contribution < 1.29 is 24.1 Å². The summed E-state index contributed by atoms with van der Waals surface area (Å²) >= 11 is 0. The summed E-state index contributed by atoms with van der Waals surface area (Å²) in [6.45, 7) is 0. The van der Waals surface area contributed by atoms with Gasteiger partial charge in [-0.1, -0.05) is 0 Å². The summed E-state index contributed by atoms with van der Waals surface area (Å²) in [5.74, 6) is -2.19. The number of carboxylic acid groups (broad SMARTS) is 1. The molecule has 92 valence electrons. The molecule has 4 nitrogen and oxygen atoms in total. The molecule has 17 heavy (non-hydrogen) atoms. The van der Waals surface area contributed by atoms with Crippen LogP contribution in [0.15, 0.2) is 12.1 Å². The molecule has 1 aliphatic rings. The number of ether oxygens (including phenoxy) is 1. The van der Waals surface area contributed by atoms with Gasteiger partial charge in [-0.25, -0.2) is 4.39 Å². The van der Waals surface area contributed by atoms with Gasteiger partial charge in [-0.3, -0.25) is 4.79 Å². The second-order valence-electron chi connectivity index (χ2n) is 4.36. The third-order valence-electron chi connectivity index (χ3n) is 3.20. The molecule has 1 aromatic carbocycles. The number of hydrogen-bond acceptors (Lipinski definition) is 3. The van der Waals surface area contributed by atoms with Gasteiger partial charge in [-0.05, 0) is 30.5 Å². The molecule has 0 unspecified atom stereocenters. The van der Waals surface area contributed by atoms with Gasteiger partial charge >= 0.3 is 5.97 Å². The first kappa shape index (κ1) is 11.7. The fraction of sp³-hybridized carbons (Fsp3) is 0.417. The van der Waals surface area contributed by atoms with Gasteiger partial charge in [0.1, 0.15) is 0 Å². The summed E-state index contributed by atoms with van der Waals surface area (Å²) in [6.07, 6.45) is 1.40. The number of carboxylic acids is 1. The molecule has 2 rings (SSSR count). The minimum atomic E-state index is -0.907. The van der Waals surface area contributed by atoms with E-state index in [9.17, 15) is 14.3 Å². The van der Waals surface area contributed by atoms with Crippen molar-refractivity contribution in [2.75, 3.05) is 7.11 Å². The third-order valence-corrected chi connectivity index (χ3v) is 3.20. The van der Waals surface area contributed by atoms with Crippen LogP contribution in [-0.2, 0) is 10.2 Å². The lowest BCUT2D eigenvalue weighted by Gasteiger charge is -2.15. The van der Waals surface area contributed by atoms with Gasteiger partial charge < -0.3 is 14.9 Å². The highest BCUT2D eigenvalue weighted by molar-refractivity contribution is 5.70. The zero-order valence-electron chi connectivity index (χ0n) is 9.36. The summed E-state index contributed by atoms with van der Waals surface area (Å²) in [6, 6.07) is 2.70. The molecule has 0 radical (unpaired) electrons. The predicted molar refractivity (Wildman–Crippen MR) is 57.8 cm³/mol. The average molecular weight is 240 g/mol. The predicted octanol–water partition coefficient (Wildman–Crippen LogP) is 2.05. The molecule has 0 bridgehead atoms. The van der Waals surface area contributed by atoms with Gasteiger partial charge in [0.05, 0.1) is 13.5 Å². The molecular formula is C12H13FO4. The summed E-state index contributed by atoms with van der Waals surface area (Å²) in [7, 11) is 1.33. The number of methoxy groups -OCH3 is 1. The van der Waals surface area contributed by atoms with Crippen molar-refractivity contribution >= 4 is 5.97 Å². The Kier molecular flexibility index (Phi) is 2.69. The van der Waals surface area contributed by atoms with Crippen LogP contribution < -0.4 is 4.74 Å². The molecule has 1 fully saturated rings. The molecule has 0 aliphatic heterocycles. The number of halogens is 1. The Labute approximate surface area is 97.6 Å². The Morgan fingerprint density at radius 1 is 1.53 bits per heavy atom. The molecule has 0 amide bonds. The SMILES string of the molecule is COc1cc(C2(CC(=O)O)CC2)cc(F)c1O. The highest BCUT2D eigenvalue weighted by Crippen LogP contribution is 2.52. The number of carbonyl (C=O) groups is 1. The zero-order chi connectivity index (χ0) is 12.6. The monoisotopic (exact) mass is 240 g/mol. The average Bonchev–Trinajstić information content (AvgIpc) is 3.01. The van der Waals surface area contributed by atoms with Crippen molar-refractivity contribution in [2.45, 2.75) is 24.7 Å². The summed E-state index contributed by atoms with van der Waals surface area (Å²) in [5, 5.41) is 18.2. The topological polar surface area (TPSA) is 66.8 Å². The smallest absolute Gasteiger partial charge is 0.304 e. The first-order valence-electron chi connectivity index (χ1n) is 5.27. The Bertz CT molecular complexity index is 466. The molecule has 0 heterocycles. The van der Waals surface area contributed by atoms with Crippen molar-refractivity contribution in [3.8, 4) is 11.5 Å². The van der Waals surface area contributed by atoms with Crippen molar-refractivity contribution in [2.24, 2.45) is 0 Å². The van der Waals surface area contributed by atoms with Crippen molar-refractivity contribution in [3.05, 3.63) is 23.5 Å². The minimum Gasteiger partial charge on any atom is -0.502 e. The van der Waals surface area contributed by atoms with Gasteiger partial charge in [0.15, 0.2) is 17.3 Å². The molecule has 1 aromatic rings. The molecule has 5 heteroatoms. The van der Waals surface area contributed by atoms with Gasteiger partial charge in [-0.2, -0.15) is 0 Å². The Balaban J connectivity index is 2.40. The van der Waals surface area contributed by atoms with Crippen LogP contribution in [0, 0.1) is 5.82 Å². The molecule has 1 saturated carbocycles. The molecule has 0 spiro atoms. The lowest BCUT2D eigenvalue weighted by Crippen LogP contribution is -2.13. The molecular weight excluding hydrogens is 227 g/mol. The maximum absolute atomic E-state index is 13.4.